The average molecular weight is 831 g/mol. The quantitative estimate of drug-likeness (QED) is 0.0922. The number of hydrogen-bond acceptors (Lipinski definition) is 4. The van der Waals surface area contributed by atoms with E-state index in [0.29, 0.717) is 33.4 Å². The van der Waals surface area contributed by atoms with Crippen molar-refractivity contribution in [2.75, 3.05) is 0 Å². The second kappa shape index (κ2) is 17.1. The molecular weight excluding hydrogens is 777 g/mol. The molecule has 0 unspecified atom stereocenters. The van der Waals surface area contributed by atoms with Gasteiger partial charge in [0.1, 0.15) is 16.6 Å². The Balaban J connectivity index is 1.27. The summed E-state index contributed by atoms with van der Waals surface area (Å²) in [4.78, 5) is 30.6. The monoisotopic (exact) mass is 830 g/mol. The van der Waals surface area contributed by atoms with E-state index < -0.39 is 40.5 Å². The largest absolute Gasteiger partial charge is 0.378 e. The first-order valence-electron chi connectivity index (χ1n) is 21.5. The predicted molar refractivity (Wildman–Crippen MR) is 254 cm³/mol. The predicted octanol–water partition coefficient (Wildman–Crippen LogP) is 11.1. The molecule has 0 radical (unpaired) electrons. The van der Waals surface area contributed by atoms with E-state index in [-0.39, 0.29) is 0 Å². The highest BCUT2D eigenvalue weighted by Crippen LogP contribution is 2.46. The van der Waals surface area contributed by atoms with Crippen LogP contribution in [0.3, 0.4) is 0 Å². The summed E-state index contributed by atoms with van der Waals surface area (Å²) in [7, 11) is 0. The first-order valence-corrected chi connectivity index (χ1v) is 21.5. The third kappa shape index (κ3) is 8.04. The van der Waals surface area contributed by atoms with Crippen molar-refractivity contribution in [1.82, 2.24) is 10.6 Å². The lowest BCUT2D eigenvalue weighted by atomic mass is 9.74. The van der Waals surface area contributed by atoms with E-state index >= 15 is 9.59 Å². The maximum Gasteiger partial charge on any atom is 0.235 e. The molecule has 8 aromatic rings. The van der Waals surface area contributed by atoms with Crippen LogP contribution in [0.25, 0.3) is 21.5 Å². The van der Waals surface area contributed by atoms with Gasteiger partial charge in [0.2, 0.25) is 11.8 Å². The summed E-state index contributed by atoms with van der Waals surface area (Å²) in [6.07, 6.45) is 0. The van der Waals surface area contributed by atoms with Crippen molar-refractivity contribution < 1.29 is 19.8 Å². The zero-order valence-corrected chi connectivity index (χ0v) is 36.7. The SMILES string of the molecule is Cc1ccc(C(O)(c2ccc(C)cc2)[C@H](NC(=O)C(C)(C)C(=O)N[C@H](c2cccc3ccccc23)C(O)(c2ccc(C)cc2)c2ccc(C)cc2)c2cccc3ccccc23)cc1. The van der Waals surface area contributed by atoms with Crippen molar-refractivity contribution in [3.8, 4) is 0 Å². The van der Waals surface area contributed by atoms with Crippen LogP contribution < -0.4 is 10.6 Å². The summed E-state index contributed by atoms with van der Waals surface area (Å²) in [5.74, 6) is -1.22. The molecule has 0 aliphatic carbocycles. The number of nitrogens with one attached hydrogen (secondary N) is 2. The zero-order valence-electron chi connectivity index (χ0n) is 36.7. The van der Waals surface area contributed by atoms with Gasteiger partial charge in [-0.25, -0.2) is 0 Å². The fraction of sp³-hybridized carbons (Fsp3) is 0.193. The summed E-state index contributed by atoms with van der Waals surface area (Å²) in [5, 5.41) is 37.1. The van der Waals surface area contributed by atoms with Gasteiger partial charge in [0.15, 0.2) is 0 Å². The Kier molecular flexibility index (Phi) is 11.6. The lowest BCUT2D eigenvalue weighted by Crippen LogP contribution is -2.55. The molecule has 0 aliphatic rings. The number of hydrogen-bond donors (Lipinski definition) is 4. The minimum absolute atomic E-state index is 0.578. The zero-order chi connectivity index (χ0) is 44.5. The van der Waals surface area contributed by atoms with E-state index in [2.05, 4.69) is 10.6 Å². The van der Waals surface area contributed by atoms with Gasteiger partial charge in [-0.05, 0) is 96.5 Å². The highest BCUT2D eigenvalue weighted by molar-refractivity contribution is 6.05. The van der Waals surface area contributed by atoms with E-state index in [9.17, 15) is 10.2 Å². The van der Waals surface area contributed by atoms with E-state index in [1.807, 2.05) is 210 Å². The molecular formula is C57H54N2O4. The molecule has 8 aromatic carbocycles. The summed E-state index contributed by atoms with van der Waals surface area (Å²) in [6, 6.07) is 56.1. The van der Waals surface area contributed by atoms with Crippen molar-refractivity contribution >= 4 is 33.4 Å². The molecule has 0 fully saturated rings. The van der Waals surface area contributed by atoms with Gasteiger partial charge >= 0.3 is 0 Å². The minimum atomic E-state index is -1.80. The van der Waals surface area contributed by atoms with Crippen molar-refractivity contribution in [2.45, 2.75) is 64.8 Å². The Morgan fingerprint density at radius 2 is 0.667 bits per heavy atom. The molecule has 0 bridgehead atoms. The number of aryl methyl sites for hydroxylation is 4. The fourth-order valence-electron chi connectivity index (χ4n) is 8.78. The van der Waals surface area contributed by atoms with Crippen LogP contribution in [0.1, 0.15) is 81.6 Å². The highest BCUT2D eigenvalue weighted by atomic mass is 16.3. The van der Waals surface area contributed by atoms with E-state index in [4.69, 9.17) is 0 Å². The number of amides is 2. The van der Waals surface area contributed by atoms with Crippen LogP contribution in [0.5, 0.6) is 0 Å². The molecule has 0 spiro atoms. The first kappa shape index (κ1) is 42.8. The molecule has 316 valence electrons. The molecule has 8 rings (SSSR count). The van der Waals surface area contributed by atoms with Crippen molar-refractivity contribution in [3.05, 3.63) is 238 Å². The maximum atomic E-state index is 15.3. The van der Waals surface area contributed by atoms with E-state index in [1.165, 1.54) is 0 Å². The van der Waals surface area contributed by atoms with Gasteiger partial charge in [0.25, 0.3) is 0 Å². The second-order valence-corrected chi connectivity index (χ2v) is 17.6. The molecule has 2 amide bonds. The minimum Gasteiger partial charge on any atom is -0.378 e. The molecule has 6 nitrogen and oxygen atoms in total. The van der Waals surface area contributed by atoms with Crippen molar-refractivity contribution in [1.29, 1.82) is 0 Å². The molecule has 0 heterocycles. The number of aliphatic hydroxyl groups is 2. The summed E-state index contributed by atoms with van der Waals surface area (Å²) in [5.41, 5.74) is 2.42. The van der Waals surface area contributed by atoms with Gasteiger partial charge in [-0.2, -0.15) is 0 Å². The lowest BCUT2D eigenvalue weighted by Gasteiger charge is -2.41. The van der Waals surface area contributed by atoms with Crippen LogP contribution in [-0.4, -0.2) is 22.0 Å². The number of carbonyl (C=O) groups excluding carboxylic acids is 2. The van der Waals surface area contributed by atoms with Crippen LogP contribution in [0.15, 0.2) is 182 Å². The number of fused-ring (bicyclic) bond motifs is 2. The van der Waals surface area contributed by atoms with Gasteiger partial charge in [-0.15, -0.1) is 0 Å². The van der Waals surface area contributed by atoms with Crippen molar-refractivity contribution in [3.63, 3.8) is 0 Å². The number of rotatable bonds is 12. The van der Waals surface area contributed by atoms with Gasteiger partial charge in [0, 0.05) is 0 Å². The number of benzene rings is 8. The summed E-state index contributed by atoms with van der Waals surface area (Å²) in [6.45, 7) is 11.1. The smallest absolute Gasteiger partial charge is 0.235 e. The molecule has 63 heavy (non-hydrogen) atoms. The van der Waals surface area contributed by atoms with Gasteiger partial charge < -0.3 is 20.8 Å². The van der Waals surface area contributed by atoms with Gasteiger partial charge in [-0.1, -0.05) is 204 Å². The third-order valence-corrected chi connectivity index (χ3v) is 12.8. The second-order valence-electron chi connectivity index (χ2n) is 17.6. The maximum absolute atomic E-state index is 15.3. The van der Waals surface area contributed by atoms with Gasteiger partial charge in [0.05, 0.1) is 12.1 Å². The Hall–Kier alpha value is -6.86. The topological polar surface area (TPSA) is 98.7 Å². The highest BCUT2D eigenvalue weighted by Gasteiger charge is 2.49. The Bertz CT molecular complexity index is 2620. The fourth-order valence-corrected chi connectivity index (χ4v) is 8.78. The van der Waals surface area contributed by atoms with Crippen LogP contribution in [0.4, 0.5) is 0 Å². The average Bonchev–Trinajstić information content (AvgIpc) is 3.30. The molecule has 0 saturated heterocycles. The Labute approximate surface area is 370 Å². The molecule has 0 aliphatic heterocycles. The van der Waals surface area contributed by atoms with Crippen molar-refractivity contribution in [2.24, 2.45) is 5.41 Å². The van der Waals surface area contributed by atoms with Crippen LogP contribution in [-0.2, 0) is 20.8 Å². The normalized spacial score (nSPS) is 13.1. The van der Waals surface area contributed by atoms with E-state index in [1.54, 1.807) is 13.8 Å². The third-order valence-electron chi connectivity index (χ3n) is 12.8. The standard InChI is InChI=1S/C57H54N2O4/c1-37-21-29-43(30-22-37)56(62,44-31-23-38(2)24-32-44)51(49-19-11-15-41-13-7-9-17-47(41)49)58-53(60)55(5,6)54(61)59-52(50-20-12-16-42-14-8-10-18-48(42)50)57(63,45-33-25-39(3)26-34-45)46-35-27-40(4)28-36-46/h7-36,51-52,62-63H,1-6H3,(H,58,60)(H,59,61)/t51-,52-/m1/s1. The van der Waals surface area contributed by atoms with E-state index in [0.717, 1.165) is 43.8 Å². The molecule has 4 N–H and O–H groups in total. The van der Waals surface area contributed by atoms with Crippen LogP contribution >= 0.6 is 0 Å². The first-order chi connectivity index (χ1) is 30.2. The number of carbonyl (C=O) groups is 2. The Morgan fingerprint density at radius 3 is 0.968 bits per heavy atom. The van der Waals surface area contributed by atoms with Crippen LogP contribution in [0.2, 0.25) is 0 Å². The van der Waals surface area contributed by atoms with Crippen LogP contribution in [0, 0.1) is 33.1 Å². The molecule has 6 heteroatoms. The molecule has 2 atom stereocenters. The summed E-state index contributed by atoms with van der Waals surface area (Å²) < 4.78 is 0. The molecule has 0 saturated carbocycles. The Morgan fingerprint density at radius 1 is 0.397 bits per heavy atom. The lowest BCUT2D eigenvalue weighted by molar-refractivity contribution is -0.144. The van der Waals surface area contributed by atoms with Gasteiger partial charge in [-0.3, -0.25) is 9.59 Å². The summed E-state index contributed by atoms with van der Waals surface area (Å²) >= 11 is 0. The molecule has 0 aromatic heterocycles.